The highest BCUT2D eigenvalue weighted by molar-refractivity contribution is 9.10. The number of rotatable bonds is 6. The van der Waals surface area contributed by atoms with Crippen LogP contribution in [0.25, 0.3) is 0 Å². The van der Waals surface area contributed by atoms with Gasteiger partial charge < -0.3 is 4.74 Å². The maximum absolute atomic E-state index is 11.4. The van der Waals surface area contributed by atoms with Crippen molar-refractivity contribution in [3.8, 4) is 0 Å². The van der Waals surface area contributed by atoms with Crippen LogP contribution in [0.3, 0.4) is 0 Å². The maximum Gasteiger partial charge on any atom is 0.233 e. The van der Waals surface area contributed by atoms with Gasteiger partial charge in [0.05, 0.1) is 19.0 Å². The summed E-state index contributed by atoms with van der Waals surface area (Å²) in [6.07, 6.45) is 3.84. The third kappa shape index (κ3) is 5.02. The van der Waals surface area contributed by atoms with E-state index in [1.54, 1.807) is 0 Å². The normalized spacial score (nSPS) is 18.3. The number of hydrogen-bond donors (Lipinski definition) is 0. The van der Waals surface area contributed by atoms with E-state index in [9.17, 15) is 8.42 Å². The second-order valence-corrected chi connectivity index (χ2v) is 9.21. The zero-order valence-corrected chi connectivity index (χ0v) is 14.3. The molecule has 1 aliphatic carbocycles. The summed E-state index contributed by atoms with van der Waals surface area (Å²) in [4.78, 5) is 0. The summed E-state index contributed by atoms with van der Waals surface area (Å²) in [5.41, 5.74) is 0.772. The predicted octanol–water partition coefficient (Wildman–Crippen LogP) is 4.09. The fourth-order valence-corrected chi connectivity index (χ4v) is 5.08. The molecule has 0 heterocycles. The molecule has 1 aromatic rings. The molecule has 0 N–H and O–H groups in total. The van der Waals surface area contributed by atoms with E-state index in [1.807, 2.05) is 24.3 Å². The lowest BCUT2D eigenvalue weighted by Crippen LogP contribution is -2.30. The molecule has 1 fully saturated rings. The lowest BCUT2D eigenvalue weighted by molar-refractivity contribution is 0.0474. The van der Waals surface area contributed by atoms with Crippen molar-refractivity contribution in [2.24, 2.45) is 5.41 Å². The van der Waals surface area contributed by atoms with Crippen molar-refractivity contribution in [3.05, 3.63) is 34.3 Å². The zero-order chi connectivity index (χ0) is 14.6. The van der Waals surface area contributed by atoms with Crippen LogP contribution in [0.5, 0.6) is 0 Å². The van der Waals surface area contributed by atoms with Crippen LogP contribution in [-0.4, -0.2) is 20.8 Å². The van der Waals surface area contributed by atoms with Crippen LogP contribution in [0.4, 0.5) is 0 Å². The van der Waals surface area contributed by atoms with E-state index in [0.29, 0.717) is 13.2 Å². The van der Waals surface area contributed by atoms with Crippen LogP contribution in [0.15, 0.2) is 28.7 Å². The Labute approximate surface area is 133 Å². The molecule has 0 unspecified atom stereocenters. The molecule has 0 spiro atoms. The molecule has 1 aromatic carbocycles. The first kappa shape index (κ1) is 16.3. The van der Waals surface area contributed by atoms with E-state index in [0.717, 1.165) is 35.7 Å². The van der Waals surface area contributed by atoms with Gasteiger partial charge in [0, 0.05) is 20.6 Å². The van der Waals surface area contributed by atoms with Crippen molar-refractivity contribution < 1.29 is 13.2 Å². The number of ether oxygens (including phenoxy) is 1. The lowest BCUT2D eigenvalue weighted by atomic mass is 9.90. The van der Waals surface area contributed by atoms with Gasteiger partial charge in [0.1, 0.15) is 0 Å². The van der Waals surface area contributed by atoms with Crippen LogP contribution in [-0.2, 0) is 20.4 Å². The molecular formula is C14H18BrClO3S. The number of hydrogen-bond acceptors (Lipinski definition) is 3. The molecule has 20 heavy (non-hydrogen) atoms. The van der Waals surface area contributed by atoms with Crippen LogP contribution in [0.2, 0.25) is 0 Å². The molecule has 3 nitrogen and oxygen atoms in total. The molecule has 1 saturated carbocycles. The van der Waals surface area contributed by atoms with Crippen molar-refractivity contribution >= 4 is 35.7 Å². The summed E-state index contributed by atoms with van der Waals surface area (Å²) in [6.45, 7) is 0.939. The summed E-state index contributed by atoms with van der Waals surface area (Å²) in [7, 11) is 1.95. The van der Waals surface area contributed by atoms with Gasteiger partial charge in [-0.2, -0.15) is 0 Å². The second-order valence-electron chi connectivity index (χ2n) is 5.51. The summed E-state index contributed by atoms with van der Waals surface area (Å²) in [6, 6.07) is 7.91. The molecule has 112 valence electrons. The quantitative estimate of drug-likeness (QED) is 0.697. The van der Waals surface area contributed by atoms with Gasteiger partial charge in [0.2, 0.25) is 9.05 Å². The standard InChI is InChI=1S/C14H18BrClO3S/c15-13-5-3-4-12(8-13)9-19-10-14(6-1-2-7-14)11-20(16,17)18/h3-5,8H,1-2,6-7,9-11H2. The van der Waals surface area contributed by atoms with Crippen molar-refractivity contribution in [1.82, 2.24) is 0 Å². The first-order valence-corrected chi connectivity index (χ1v) is 9.90. The second kappa shape index (κ2) is 6.77. The first-order valence-electron chi connectivity index (χ1n) is 6.63. The molecule has 0 bridgehead atoms. The predicted molar refractivity (Wildman–Crippen MR) is 84.3 cm³/mol. The third-order valence-electron chi connectivity index (χ3n) is 3.71. The van der Waals surface area contributed by atoms with E-state index in [1.165, 1.54) is 0 Å². The Kier molecular flexibility index (Phi) is 5.51. The van der Waals surface area contributed by atoms with Gasteiger partial charge >= 0.3 is 0 Å². The fraction of sp³-hybridized carbons (Fsp3) is 0.571. The molecule has 0 radical (unpaired) electrons. The summed E-state index contributed by atoms with van der Waals surface area (Å²) < 4.78 is 29.5. The van der Waals surface area contributed by atoms with Gasteiger partial charge in [-0.25, -0.2) is 8.42 Å². The molecule has 0 atom stereocenters. The lowest BCUT2D eigenvalue weighted by Gasteiger charge is -2.27. The van der Waals surface area contributed by atoms with E-state index in [2.05, 4.69) is 15.9 Å². The minimum Gasteiger partial charge on any atom is -0.376 e. The Hall–Kier alpha value is -0.100. The van der Waals surface area contributed by atoms with E-state index in [4.69, 9.17) is 15.4 Å². The molecule has 1 aliphatic rings. The number of halogens is 2. The Balaban J connectivity index is 1.93. The summed E-state index contributed by atoms with van der Waals surface area (Å²) in [5.74, 6) is 0.0139. The smallest absolute Gasteiger partial charge is 0.233 e. The Morgan fingerprint density at radius 2 is 2.00 bits per heavy atom. The minimum absolute atomic E-state index is 0.0139. The van der Waals surface area contributed by atoms with Crippen molar-refractivity contribution in [1.29, 1.82) is 0 Å². The average molecular weight is 382 g/mol. The largest absolute Gasteiger partial charge is 0.376 e. The van der Waals surface area contributed by atoms with Gasteiger partial charge in [-0.3, -0.25) is 0 Å². The number of benzene rings is 1. The van der Waals surface area contributed by atoms with Crippen LogP contribution < -0.4 is 0 Å². The van der Waals surface area contributed by atoms with Crippen LogP contribution in [0.1, 0.15) is 31.2 Å². The van der Waals surface area contributed by atoms with Crippen molar-refractivity contribution in [3.63, 3.8) is 0 Å². The van der Waals surface area contributed by atoms with Gasteiger partial charge in [0.15, 0.2) is 0 Å². The third-order valence-corrected chi connectivity index (χ3v) is 5.49. The molecule has 6 heteroatoms. The minimum atomic E-state index is -3.48. The summed E-state index contributed by atoms with van der Waals surface area (Å²) >= 11 is 3.42. The SMILES string of the molecule is O=S(=O)(Cl)CC1(COCc2cccc(Br)c2)CCCC1. The van der Waals surface area contributed by atoms with E-state index in [-0.39, 0.29) is 11.2 Å². The molecule has 0 aromatic heterocycles. The first-order chi connectivity index (χ1) is 9.39. The fourth-order valence-electron chi connectivity index (χ4n) is 2.83. The highest BCUT2D eigenvalue weighted by Crippen LogP contribution is 2.40. The Morgan fingerprint density at radius 1 is 1.30 bits per heavy atom. The van der Waals surface area contributed by atoms with Gasteiger partial charge in [-0.05, 0) is 30.5 Å². The molecule has 0 saturated heterocycles. The van der Waals surface area contributed by atoms with Gasteiger partial charge in [-0.15, -0.1) is 0 Å². The monoisotopic (exact) mass is 380 g/mol. The highest BCUT2D eigenvalue weighted by Gasteiger charge is 2.38. The van der Waals surface area contributed by atoms with Crippen LogP contribution >= 0.6 is 26.6 Å². The zero-order valence-electron chi connectivity index (χ0n) is 11.1. The Bertz CT molecular complexity index is 553. The highest BCUT2D eigenvalue weighted by atomic mass is 79.9. The average Bonchev–Trinajstić information content (AvgIpc) is 2.75. The van der Waals surface area contributed by atoms with E-state index >= 15 is 0 Å². The molecule has 0 aliphatic heterocycles. The van der Waals surface area contributed by atoms with E-state index < -0.39 is 9.05 Å². The van der Waals surface area contributed by atoms with Crippen molar-refractivity contribution in [2.45, 2.75) is 32.3 Å². The van der Waals surface area contributed by atoms with Crippen LogP contribution in [0, 0.1) is 5.41 Å². The van der Waals surface area contributed by atoms with Crippen molar-refractivity contribution in [2.75, 3.05) is 12.4 Å². The summed E-state index contributed by atoms with van der Waals surface area (Å²) in [5, 5.41) is 0. The Morgan fingerprint density at radius 3 is 2.60 bits per heavy atom. The molecular weight excluding hydrogens is 364 g/mol. The molecule has 0 amide bonds. The molecule has 2 rings (SSSR count). The van der Waals surface area contributed by atoms with Gasteiger partial charge in [-0.1, -0.05) is 40.9 Å². The van der Waals surface area contributed by atoms with Gasteiger partial charge in [0.25, 0.3) is 0 Å². The topological polar surface area (TPSA) is 43.4 Å². The maximum atomic E-state index is 11.4.